The van der Waals surface area contributed by atoms with Crippen molar-refractivity contribution in [1.82, 2.24) is 4.90 Å². The van der Waals surface area contributed by atoms with Crippen LogP contribution < -0.4 is 5.32 Å². The van der Waals surface area contributed by atoms with Crippen molar-refractivity contribution in [3.05, 3.63) is 87.8 Å². The lowest BCUT2D eigenvalue weighted by Gasteiger charge is -2.28. The first-order valence-electron chi connectivity index (χ1n) is 9.39. The van der Waals surface area contributed by atoms with Crippen molar-refractivity contribution in [3.8, 4) is 0 Å². The first kappa shape index (κ1) is 18.6. The summed E-state index contributed by atoms with van der Waals surface area (Å²) in [5, 5.41) is 3.60. The van der Waals surface area contributed by atoms with Gasteiger partial charge in [-0.25, -0.2) is 0 Å². The zero-order valence-electron chi connectivity index (χ0n) is 15.8. The van der Waals surface area contributed by atoms with Gasteiger partial charge in [-0.15, -0.1) is 11.3 Å². The van der Waals surface area contributed by atoms with Crippen LogP contribution in [0.5, 0.6) is 0 Å². The molecule has 0 fully saturated rings. The fourth-order valence-corrected chi connectivity index (χ4v) is 4.50. The highest BCUT2D eigenvalue weighted by atomic mass is 32.1. The maximum Gasteiger partial charge on any atom is 0.239 e. The Kier molecular flexibility index (Phi) is 5.37. The van der Waals surface area contributed by atoms with Gasteiger partial charge in [-0.3, -0.25) is 14.5 Å². The SMILES string of the molecule is Cc1cc(C(=O)c2ccccc2)c(NC(=O)CN2CCc3ccccc3C2)s1. The Morgan fingerprint density at radius 2 is 1.75 bits per heavy atom. The molecule has 2 heterocycles. The summed E-state index contributed by atoms with van der Waals surface area (Å²) in [5.41, 5.74) is 3.84. The molecule has 1 aliphatic rings. The number of benzene rings is 2. The lowest BCUT2D eigenvalue weighted by Crippen LogP contribution is -2.37. The van der Waals surface area contributed by atoms with Gasteiger partial charge in [0.15, 0.2) is 5.78 Å². The van der Waals surface area contributed by atoms with E-state index in [1.54, 1.807) is 12.1 Å². The number of ketones is 1. The van der Waals surface area contributed by atoms with Crippen LogP contribution in [0.4, 0.5) is 5.00 Å². The molecule has 0 atom stereocenters. The molecule has 0 bridgehead atoms. The van der Waals surface area contributed by atoms with Crippen LogP contribution >= 0.6 is 11.3 Å². The maximum absolute atomic E-state index is 12.8. The lowest BCUT2D eigenvalue weighted by atomic mass is 10.00. The molecule has 0 spiro atoms. The standard InChI is InChI=1S/C23H22N2O2S/c1-16-13-20(22(27)18-8-3-2-4-9-18)23(28-16)24-21(26)15-25-12-11-17-7-5-6-10-19(17)14-25/h2-10,13H,11-12,14-15H2,1H3,(H,24,26). The third-order valence-electron chi connectivity index (χ3n) is 4.97. The molecule has 4 nitrogen and oxygen atoms in total. The van der Waals surface area contributed by atoms with Crippen LogP contribution in [-0.4, -0.2) is 29.7 Å². The number of carbonyl (C=O) groups is 2. The Morgan fingerprint density at radius 3 is 2.54 bits per heavy atom. The number of aryl methyl sites for hydroxylation is 1. The van der Waals surface area contributed by atoms with Crippen LogP contribution in [0, 0.1) is 6.92 Å². The Balaban J connectivity index is 1.45. The van der Waals surface area contributed by atoms with Crippen LogP contribution in [0.25, 0.3) is 0 Å². The Labute approximate surface area is 168 Å². The van der Waals surface area contributed by atoms with Crippen molar-refractivity contribution in [2.24, 2.45) is 0 Å². The average Bonchev–Trinajstić information content (AvgIpc) is 3.07. The Morgan fingerprint density at radius 1 is 1.04 bits per heavy atom. The van der Waals surface area contributed by atoms with Crippen LogP contribution in [0.3, 0.4) is 0 Å². The molecule has 0 aliphatic carbocycles. The molecule has 0 radical (unpaired) electrons. The number of amides is 1. The van der Waals surface area contributed by atoms with Gasteiger partial charge in [0.05, 0.1) is 12.1 Å². The summed E-state index contributed by atoms with van der Waals surface area (Å²) in [6.07, 6.45) is 0.958. The van der Waals surface area contributed by atoms with E-state index in [-0.39, 0.29) is 11.7 Å². The number of nitrogens with one attached hydrogen (secondary N) is 1. The second kappa shape index (κ2) is 8.09. The Bertz CT molecular complexity index is 1010. The summed E-state index contributed by atoms with van der Waals surface area (Å²) < 4.78 is 0. The van der Waals surface area contributed by atoms with Crippen LogP contribution in [0.15, 0.2) is 60.7 Å². The van der Waals surface area contributed by atoms with Crippen LogP contribution in [0.1, 0.15) is 31.9 Å². The van der Waals surface area contributed by atoms with E-state index in [1.165, 1.54) is 22.5 Å². The van der Waals surface area contributed by atoms with E-state index in [1.807, 2.05) is 37.3 Å². The largest absolute Gasteiger partial charge is 0.316 e. The molecule has 2 aromatic carbocycles. The maximum atomic E-state index is 12.8. The monoisotopic (exact) mass is 390 g/mol. The summed E-state index contributed by atoms with van der Waals surface area (Å²) in [4.78, 5) is 28.6. The molecule has 4 rings (SSSR count). The quantitative estimate of drug-likeness (QED) is 0.662. The van der Waals surface area contributed by atoms with Gasteiger partial charge in [-0.1, -0.05) is 54.6 Å². The number of hydrogen-bond acceptors (Lipinski definition) is 4. The molecule has 3 aromatic rings. The minimum Gasteiger partial charge on any atom is -0.316 e. The first-order chi connectivity index (χ1) is 13.6. The van der Waals surface area contributed by atoms with Crippen LogP contribution in [-0.2, 0) is 17.8 Å². The van der Waals surface area contributed by atoms with Gasteiger partial charge in [-0.2, -0.15) is 0 Å². The zero-order chi connectivity index (χ0) is 19.5. The molecule has 142 valence electrons. The van der Waals surface area contributed by atoms with Crippen molar-refractivity contribution in [2.45, 2.75) is 19.9 Å². The molecule has 0 saturated carbocycles. The topological polar surface area (TPSA) is 49.4 Å². The van der Waals surface area contributed by atoms with E-state index >= 15 is 0 Å². The summed E-state index contributed by atoms with van der Waals surface area (Å²) in [7, 11) is 0. The predicted molar refractivity (Wildman–Crippen MR) is 113 cm³/mol. The minimum absolute atomic E-state index is 0.0628. The summed E-state index contributed by atoms with van der Waals surface area (Å²) in [6, 6.07) is 19.4. The van der Waals surface area contributed by atoms with E-state index in [0.717, 1.165) is 24.4 Å². The van der Waals surface area contributed by atoms with E-state index in [0.29, 0.717) is 22.7 Å². The van der Waals surface area contributed by atoms with Crippen molar-refractivity contribution in [3.63, 3.8) is 0 Å². The lowest BCUT2D eigenvalue weighted by molar-refractivity contribution is -0.117. The van der Waals surface area contributed by atoms with E-state index in [4.69, 9.17) is 0 Å². The number of fused-ring (bicyclic) bond motifs is 1. The molecule has 28 heavy (non-hydrogen) atoms. The van der Waals surface area contributed by atoms with Gasteiger partial charge >= 0.3 is 0 Å². The van der Waals surface area contributed by atoms with Crippen molar-refractivity contribution < 1.29 is 9.59 Å². The zero-order valence-corrected chi connectivity index (χ0v) is 16.6. The molecular formula is C23H22N2O2S. The summed E-state index contributed by atoms with van der Waals surface area (Å²) in [5.74, 6) is -0.143. The molecule has 1 aromatic heterocycles. The second-order valence-corrected chi connectivity index (χ2v) is 8.33. The van der Waals surface area contributed by atoms with Crippen LogP contribution in [0.2, 0.25) is 0 Å². The molecule has 0 unspecified atom stereocenters. The van der Waals surface area contributed by atoms with Crippen molar-refractivity contribution >= 4 is 28.0 Å². The minimum atomic E-state index is -0.0802. The fourth-order valence-electron chi connectivity index (χ4n) is 3.58. The number of hydrogen-bond donors (Lipinski definition) is 1. The number of thiophene rings is 1. The fraction of sp³-hybridized carbons (Fsp3) is 0.217. The third-order valence-corrected chi connectivity index (χ3v) is 5.93. The van der Waals surface area contributed by atoms with Gasteiger partial charge in [0.2, 0.25) is 5.91 Å². The Hall–Kier alpha value is -2.76. The smallest absolute Gasteiger partial charge is 0.239 e. The van der Waals surface area contributed by atoms with Gasteiger partial charge < -0.3 is 5.32 Å². The number of nitrogens with zero attached hydrogens (tertiary/aromatic N) is 1. The van der Waals surface area contributed by atoms with Crippen molar-refractivity contribution in [1.29, 1.82) is 0 Å². The van der Waals surface area contributed by atoms with Gasteiger partial charge in [0, 0.05) is 23.5 Å². The highest BCUT2D eigenvalue weighted by Crippen LogP contribution is 2.30. The normalized spacial score (nSPS) is 13.8. The van der Waals surface area contributed by atoms with Crippen molar-refractivity contribution in [2.75, 3.05) is 18.4 Å². The van der Waals surface area contributed by atoms with E-state index < -0.39 is 0 Å². The first-order valence-corrected chi connectivity index (χ1v) is 10.2. The van der Waals surface area contributed by atoms with Gasteiger partial charge in [0.1, 0.15) is 5.00 Å². The number of carbonyl (C=O) groups excluding carboxylic acids is 2. The molecule has 5 heteroatoms. The van der Waals surface area contributed by atoms with Gasteiger partial charge in [-0.05, 0) is 30.5 Å². The van der Waals surface area contributed by atoms with E-state index in [2.05, 4.69) is 28.4 Å². The molecule has 1 N–H and O–H groups in total. The molecule has 1 aliphatic heterocycles. The summed E-state index contributed by atoms with van der Waals surface area (Å²) >= 11 is 1.44. The summed E-state index contributed by atoms with van der Waals surface area (Å²) in [6.45, 7) is 3.92. The van der Waals surface area contributed by atoms with Gasteiger partial charge in [0.25, 0.3) is 0 Å². The average molecular weight is 391 g/mol. The molecule has 1 amide bonds. The molecule has 0 saturated heterocycles. The predicted octanol–water partition coefficient (Wildman–Crippen LogP) is 4.28. The van der Waals surface area contributed by atoms with E-state index in [9.17, 15) is 9.59 Å². The highest BCUT2D eigenvalue weighted by Gasteiger charge is 2.21. The number of rotatable bonds is 5. The highest BCUT2D eigenvalue weighted by molar-refractivity contribution is 7.16. The third kappa shape index (κ3) is 4.06. The second-order valence-electron chi connectivity index (χ2n) is 7.07. The molecular weight excluding hydrogens is 368 g/mol. The number of anilines is 1.